The fraction of sp³-hybridized carbons (Fsp3) is 0.320. The largest absolute Gasteiger partial charge is 0.439 e. The lowest BCUT2D eigenvalue weighted by molar-refractivity contribution is 0.0331. The van der Waals surface area contributed by atoms with E-state index in [1.165, 1.54) is 10.4 Å². The molecule has 1 fully saturated rings. The van der Waals surface area contributed by atoms with Crippen LogP contribution in [0.3, 0.4) is 0 Å². The summed E-state index contributed by atoms with van der Waals surface area (Å²) in [6, 6.07) is 13.6. The molecule has 1 N–H and O–H groups in total. The van der Waals surface area contributed by atoms with Crippen LogP contribution in [0.5, 0.6) is 11.6 Å². The minimum atomic E-state index is 0.575. The van der Waals surface area contributed by atoms with Crippen molar-refractivity contribution >= 4 is 27.4 Å². The molecule has 33 heavy (non-hydrogen) atoms. The number of rotatable bonds is 7. The molecule has 0 atom stereocenters. The first-order valence-corrected chi connectivity index (χ1v) is 12.0. The summed E-state index contributed by atoms with van der Waals surface area (Å²) in [7, 11) is 0. The zero-order valence-electron chi connectivity index (χ0n) is 18.9. The number of para-hydroxylation sites is 1. The smallest absolute Gasteiger partial charge is 0.219 e. The molecule has 0 amide bonds. The van der Waals surface area contributed by atoms with Crippen molar-refractivity contribution < 1.29 is 9.47 Å². The van der Waals surface area contributed by atoms with E-state index in [0.717, 1.165) is 66.0 Å². The summed E-state index contributed by atoms with van der Waals surface area (Å²) in [5.74, 6) is 3.08. The van der Waals surface area contributed by atoms with E-state index >= 15 is 0 Å². The van der Waals surface area contributed by atoms with Crippen LogP contribution in [0.2, 0.25) is 0 Å². The van der Waals surface area contributed by atoms with Crippen LogP contribution in [-0.4, -0.2) is 46.2 Å². The topological polar surface area (TPSA) is 72.4 Å². The van der Waals surface area contributed by atoms with E-state index in [-0.39, 0.29) is 0 Å². The maximum absolute atomic E-state index is 5.80. The first-order chi connectivity index (χ1) is 16.2. The highest BCUT2D eigenvalue weighted by atomic mass is 32.1. The Kier molecular flexibility index (Phi) is 6.48. The van der Waals surface area contributed by atoms with E-state index in [1.807, 2.05) is 48.7 Å². The number of aryl methyl sites for hydroxylation is 2. The van der Waals surface area contributed by atoms with Crippen molar-refractivity contribution in [2.24, 2.45) is 0 Å². The molecule has 4 heterocycles. The van der Waals surface area contributed by atoms with Gasteiger partial charge in [-0.2, -0.15) is 0 Å². The normalized spacial score (nSPS) is 14.5. The summed E-state index contributed by atoms with van der Waals surface area (Å²) >= 11 is 1.73. The third-order valence-corrected chi connectivity index (χ3v) is 6.87. The van der Waals surface area contributed by atoms with Crippen molar-refractivity contribution in [3.8, 4) is 11.6 Å². The Morgan fingerprint density at radius 3 is 2.64 bits per heavy atom. The maximum Gasteiger partial charge on any atom is 0.219 e. The Morgan fingerprint density at radius 1 is 1.06 bits per heavy atom. The van der Waals surface area contributed by atoms with Crippen LogP contribution < -0.4 is 10.1 Å². The third-order valence-electron chi connectivity index (χ3n) is 5.77. The third kappa shape index (κ3) is 5.13. The van der Waals surface area contributed by atoms with Gasteiger partial charge in [0, 0.05) is 36.8 Å². The first-order valence-electron chi connectivity index (χ1n) is 11.1. The van der Waals surface area contributed by atoms with Gasteiger partial charge in [0.2, 0.25) is 5.88 Å². The second kappa shape index (κ2) is 9.82. The van der Waals surface area contributed by atoms with Crippen LogP contribution in [0.1, 0.15) is 21.8 Å². The van der Waals surface area contributed by atoms with E-state index in [0.29, 0.717) is 12.4 Å². The number of fused-ring (bicyclic) bond motifs is 1. The van der Waals surface area contributed by atoms with Crippen LogP contribution in [0.15, 0.2) is 48.7 Å². The lowest BCUT2D eigenvalue weighted by Crippen LogP contribution is -2.36. The Labute approximate surface area is 197 Å². The monoisotopic (exact) mass is 461 g/mol. The molecule has 0 saturated carbocycles. The van der Waals surface area contributed by atoms with Gasteiger partial charge >= 0.3 is 0 Å². The second-order valence-corrected chi connectivity index (χ2v) is 9.32. The lowest BCUT2D eigenvalue weighted by Gasteiger charge is -2.25. The molecule has 0 radical (unpaired) electrons. The maximum atomic E-state index is 5.80. The predicted molar refractivity (Wildman–Crippen MR) is 131 cm³/mol. The van der Waals surface area contributed by atoms with Crippen LogP contribution in [0.4, 0.5) is 5.82 Å². The van der Waals surface area contributed by atoms with Gasteiger partial charge in [0.15, 0.2) is 0 Å². The van der Waals surface area contributed by atoms with Crippen molar-refractivity contribution in [1.29, 1.82) is 0 Å². The fourth-order valence-corrected chi connectivity index (χ4v) is 4.87. The Balaban J connectivity index is 1.33. The number of pyridine rings is 1. The second-order valence-electron chi connectivity index (χ2n) is 8.11. The molecule has 170 valence electrons. The van der Waals surface area contributed by atoms with Gasteiger partial charge in [-0.1, -0.05) is 24.3 Å². The zero-order chi connectivity index (χ0) is 22.6. The molecule has 0 spiro atoms. The summed E-state index contributed by atoms with van der Waals surface area (Å²) in [6.07, 6.45) is 1.84. The number of benzene rings is 1. The summed E-state index contributed by atoms with van der Waals surface area (Å²) in [5.41, 5.74) is 2.29. The Bertz CT molecular complexity index is 1220. The van der Waals surface area contributed by atoms with Crippen LogP contribution in [0, 0.1) is 13.8 Å². The zero-order valence-corrected chi connectivity index (χ0v) is 19.7. The van der Waals surface area contributed by atoms with E-state index in [4.69, 9.17) is 19.4 Å². The molecule has 8 heteroatoms. The summed E-state index contributed by atoms with van der Waals surface area (Å²) in [4.78, 5) is 18.9. The van der Waals surface area contributed by atoms with Crippen molar-refractivity contribution in [3.05, 3.63) is 70.5 Å². The summed E-state index contributed by atoms with van der Waals surface area (Å²) < 4.78 is 11.3. The number of thiophene rings is 1. The van der Waals surface area contributed by atoms with Crippen molar-refractivity contribution in [2.45, 2.75) is 26.9 Å². The number of nitrogens with zero attached hydrogens (tertiary/aromatic N) is 4. The van der Waals surface area contributed by atoms with E-state index in [1.54, 1.807) is 11.3 Å². The van der Waals surface area contributed by atoms with Gasteiger partial charge in [0.1, 0.15) is 22.2 Å². The van der Waals surface area contributed by atoms with Gasteiger partial charge in [0.25, 0.3) is 0 Å². The van der Waals surface area contributed by atoms with Gasteiger partial charge < -0.3 is 14.8 Å². The molecule has 1 aliphatic rings. The molecular formula is C25H27N5O2S. The van der Waals surface area contributed by atoms with Crippen molar-refractivity contribution in [3.63, 3.8) is 0 Å². The van der Waals surface area contributed by atoms with Gasteiger partial charge in [-0.25, -0.2) is 15.0 Å². The number of hydrogen-bond acceptors (Lipinski definition) is 8. The number of anilines is 1. The first kappa shape index (κ1) is 21.8. The molecule has 1 aromatic carbocycles. The summed E-state index contributed by atoms with van der Waals surface area (Å²) in [5, 5.41) is 4.65. The Morgan fingerprint density at radius 2 is 1.88 bits per heavy atom. The number of aromatic nitrogens is 3. The predicted octanol–water partition coefficient (Wildman–Crippen LogP) is 4.94. The molecule has 1 saturated heterocycles. The van der Waals surface area contributed by atoms with Crippen molar-refractivity contribution in [2.75, 3.05) is 31.6 Å². The quantitative estimate of drug-likeness (QED) is 0.418. The van der Waals surface area contributed by atoms with Crippen molar-refractivity contribution in [1.82, 2.24) is 19.9 Å². The summed E-state index contributed by atoms with van der Waals surface area (Å²) in [6.45, 7) is 8.99. The van der Waals surface area contributed by atoms with E-state index < -0.39 is 0 Å². The van der Waals surface area contributed by atoms with Gasteiger partial charge in [-0.15, -0.1) is 11.3 Å². The molecule has 5 rings (SSSR count). The van der Waals surface area contributed by atoms with E-state index in [9.17, 15) is 0 Å². The van der Waals surface area contributed by atoms with Crippen LogP contribution >= 0.6 is 11.3 Å². The average Bonchev–Trinajstić information content (AvgIpc) is 3.13. The van der Waals surface area contributed by atoms with E-state index in [2.05, 4.69) is 29.0 Å². The van der Waals surface area contributed by atoms with Crippen LogP contribution in [-0.2, 0) is 17.8 Å². The molecule has 7 nitrogen and oxygen atoms in total. The lowest BCUT2D eigenvalue weighted by atomic mass is 10.2. The molecular weight excluding hydrogens is 434 g/mol. The standard InChI is InChI=1S/C25H27N5O2S/c1-17-18(2)33-25-23(17)24(28-21(29-25)16-30-10-12-31-13-11-30)27-15-19-8-9-22(26-14-19)32-20-6-4-3-5-7-20/h3-9,14H,10-13,15-16H2,1-2H3,(H,27,28,29). The molecule has 0 bridgehead atoms. The molecule has 1 aliphatic heterocycles. The number of hydrogen-bond donors (Lipinski definition) is 1. The average molecular weight is 462 g/mol. The molecule has 0 unspecified atom stereocenters. The van der Waals surface area contributed by atoms with Gasteiger partial charge in [0.05, 0.1) is 25.1 Å². The highest BCUT2D eigenvalue weighted by Crippen LogP contribution is 2.33. The van der Waals surface area contributed by atoms with Gasteiger partial charge in [-0.3, -0.25) is 4.90 Å². The minimum Gasteiger partial charge on any atom is -0.439 e. The Hall–Kier alpha value is -3.07. The molecule has 4 aromatic rings. The number of morpholine rings is 1. The fourth-order valence-electron chi connectivity index (χ4n) is 3.82. The molecule has 0 aliphatic carbocycles. The number of nitrogens with one attached hydrogen (secondary N) is 1. The van der Waals surface area contributed by atoms with Gasteiger partial charge in [-0.05, 0) is 37.1 Å². The SMILES string of the molecule is Cc1sc2nc(CN3CCOCC3)nc(NCc3ccc(Oc4ccccc4)nc3)c2c1C. The molecule has 3 aromatic heterocycles. The highest BCUT2D eigenvalue weighted by molar-refractivity contribution is 7.18. The number of ether oxygens (including phenoxy) is 2. The highest BCUT2D eigenvalue weighted by Gasteiger charge is 2.17. The van der Waals surface area contributed by atoms with Crippen LogP contribution in [0.25, 0.3) is 10.2 Å². The minimum absolute atomic E-state index is 0.575.